The summed E-state index contributed by atoms with van der Waals surface area (Å²) < 4.78 is 31.3. The molecule has 0 spiro atoms. The number of nitrogens with zero attached hydrogens (tertiary/aromatic N) is 1. The second-order valence-electron chi connectivity index (χ2n) is 6.07. The number of ether oxygens (including phenoxy) is 1. The molecule has 1 heterocycles. The van der Waals surface area contributed by atoms with Crippen molar-refractivity contribution in [2.45, 2.75) is 58.5 Å². The minimum atomic E-state index is -2.63. The quantitative estimate of drug-likeness (QED) is 0.777. The molecule has 0 radical (unpaired) electrons. The Balaban J connectivity index is 2.46. The first-order chi connectivity index (χ1) is 8.11. The van der Waals surface area contributed by atoms with E-state index in [1.807, 2.05) is 13.8 Å². The van der Waals surface area contributed by atoms with Crippen LogP contribution >= 0.6 is 0 Å². The van der Waals surface area contributed by atoms with Crippen molar-refractivity contribution in [3.8, 4) is 0 Å². The summed E-state index contributed by atoms with van der Waals surface area (Å²) in [5.41, 5.74) is -0.550. The summed E-state index contributed by atoms with van der Waals surface area (Å²) in [4.78, 5) is 13.2. The molecule has 3 nitrogen and oxygen atoms in total. The minimum Gasteiger partial charge on any atom is -0.443 e. The van der Waals surface area contributed by atoms with E-state index in [1.54, 1.807) is 0 Å². The molecule has 0 aromatic heterocycles. The lowest BCUT2D eigenvalue weighted by atomic mass is 9.96. The van der Waals surface area contributed by atoms with Crippen LogP contribution in [-0.2, 0) is 4.74 Å². The van der Waals surface area contributed by atoms with Crippen LogP contribution in [0, 0.1) is 5.92 Å². The first kappa shape index (κ1) is 15.2. The maximum atomic E-state index is 13.0. The third-order valence-corrected chi connectivity index (χ3v) is 3.02. The van der Waals surface area contributed by atoms with Crippen molar-refractivity contribution in [1.82, 2.24) is 4.90 Å². The molecule has 5 heteroatoms. The van der Waals surface area contributed by atoms with Crippen LogP contribution in [0.5, 0.6) is 0 Å². The number of rotatable bonds is 3. The molecule has 1 rings (SSSR count). The Labute approximate surface area is 107 Å². The van der Waals surface area contributed by atoms with Gasteiger partial charge in [-0.1, -0.05) is 13.8 Å². The predicted octanol–water partition coefficient (Wildman–Crippen LogP) is 3.68. The van der Waals surface area contributed by atoms with Crippen LogP contribution in [0.1, 0.15) is 47.0 Å². The van der Waals surface area contributed by atoms with Crippen LogP contribution in [0.25, 0.3) is 0 Å². The van der Waals surface area contributed by atoms with Crippen molar-refractivity contribution in [3.05, 3.63) is 0 Å². The van der Waals surface area contributed by atoms with E-state index >= 15 is 0 Å². The van der Waals surface area contributed by atoms with Gasteiger partial charge in [0.05, 0.1) is 0 Å². The van der Waals surface area contributed by atoms with Crippen molar-refractivity contribution < 1.29 is 18.3 Å². The number of carbonyl (C=O) groups excluding carboxylic acids is 1. The number of hydrogen-bond donors (Lipinski definition) is 0. The molecule has 1 aliphatic rings. The lowest BCUT2D eigenvalue weighted by Crippen LogP contribution is -2.45. The normalized spacial score (nSPS) is 20.1. The Morgan fingerprint density at radius 2 is 1.83 bits per heavy atom. The van der Waals surface area contributed by atoms with Gasteiger partial charge in [0, 0.05) is 25.9 Å². The van der Waals surface area contributed by atoms with Gasteiger partial charge in [-0.15, -0.1) is 0 Å². The number of halogens is 2. The van der Waals surface area contributed by atoms with E-state index < -0.39 is 17.6 Å². The van der Waals surface area contributed by atoms with Crippen LogP contribution < -0.4 is 0 Å². The molecule has 1 saturated heterocycles. The third kappa shape index (κ3) is 4.78. The molecule has 0 unspecified atom stereocenters. The number of piperidine rings is 1. The molecule has 106 valence electrons. The molecular weight excluding hydrogens is 240 g/mol. The monoisotopic (exact) mass is 263 g/mol. The lowest BCUT2D eigenvalue weighted by molar-refractivity contribution is -0.0618. The zero-order valence-electron chi connectivity index (χ0n) is 11.6. The minimum absolute atomic E-state index is 0.0730. The second kappa shape index (κ2) is 5.41. The van der Waals surface area contributed by atoms with Gasteiger partial charge in [0.15, 0.2) is 0 Å². The number of amides is 1. The van der Waals surface area contributed by atoms with Gasteiger partial charge in [-0.3, -0.25) is 0 Å². The zero-order chi connectivity index (χ0) is 14.0. The molecule has 1 fully saturated rings. The molecular formula is C13H23F2NO2. The standard InChI is InChI=1S/C13H23F2NO2/c1-10(2)9-12(3,4)18-11(17)16-7-5-13(14,15)6-8-16/h10H,5-9H2,1-4H3. The van der Waals surface area contributed by atoms with Gasteiger partial charge in [-0.05, 0) is 26.2 Å². The highest BCUT2D eigenvalue weighted by molar-refractivity contribution is 5.68. The molecule has 0 saturated carbocycles. The average Bonchev–Trinajstić information content (AvgIpc) is 2.13. The van der Waals surface area contributed by atoms with Crippen LogP contribution in [-0.4, -0.2) is 35.6 Å². The number of carbonyl (C=O) groups is 1. The van der Waals surface area contributed by atoms with Crippen molar-refractivity contribution in [1.29, 1.82) is 0 Å². The Hall–Kier alpha value is -0.870. The van der Waals surface area contributed by atoms with E-state index in [0.717, 1.165) is 6.42 Å². The fraction of sp³-hybridized carbons (Fsp3) is 0.923. The highest BCUT2D eigenvalue weighted by Gasteiger charge is 2.37. The fourth-order valence-electron chi connectivity index (χ4n) is 2.34. The Morgan fingerprint density at radius 3 is 2.28 bits per heavy atom. The summed E-state index contributed by atoms with van der Waals surface area (Å²) in [6.07, 6.45) is -0.265. The maximum absolute atomic E-state index is 13.0. The molecule has 0 N–H and O–H groups in total. The van der Waals surface area contributed by atoms with E-state index in [4.69, 9.17) is 4.74 Å². The molecule has 18 heavy (non-hydrogen) atoms. The van der Waals surface area contributed by atoms with E-state index in [9.17, 15) is 13.6 Å². The number of alkyl halides is 2. The zero-order valence-corrected chi connectivity index (χ0v) is 11.6. The van der Waals surface area contributed by atoms with Crippen molar-refractivity contribution in [3.63, 3.8) is 0 Å². The summed E-state index contributed by atoms with van der Waals surface area (Å²) in [6, 6.07) is 0. The predicted molar refractivity (Wildman–Crippen MR) is 65.8 cm³/mol. The summed E-state index contributed by atoms with van der Waals surface area (Å²) in [5.74, 6) is -2.22. The SMILES string of the molecule is CC(C)CC(C)(C)OC(=O)N1CCC(F)(F)CC1. The fourth-order valence-corrected chi connectivity index (χ4v) is 2.34. The van der Waals surface area contributed by atoms with Gasteiger partial charge in [0.1, 0.15) is 5.60 Å². The number of hydrogen-bond acceptors (Lipinski definition) is 2. The van der Waals surface area contributed by atoms with E-state index in [2.05, 4.69) is 13.8 Å². The molecule has 0 aliphatic carbocycles. The van der Waals surface area contributed by atoms with Crippen LogP contribution in [0.2, 0.25) is 0 Å². The third-order valence-electron chi connectivity index (χ3n) is 3.02. The van der Waals surface area contributed by atoms with E-state index in [0.29, 0.717) is 5.92 Å². The smallest absolute Gasteiger partial charge is 0.410 e. The van der Waals surface area contributed by atoms with E-state index in [1.165, 1.54) is 4.90 Å². The maximum Gasteiger partial charge on any atom is 0.410 e. The molecule has 1 aliphatic heterocycles. The van der Waals surface area contributed by atoms with Gasteiger partial charge < -0.3 is 9.64 Å². The summed E-state index contributed by atoms with van der Waals surface area (Å²) in [7, 11) is 0. The Morgan fingerprint density at radius 1 is 1.33 bits per heavy atom. The van der Waals surface area contributed by atoms with Gasteiger partial charge in [-0.25, -0.2) is 13.6 Å². The number of likely N-dealkylation sites (tertiary alicyclic amines) is 1. The summed E-state index contributed by atoms with van der Waals surface area (Å²) in [6.45, 7) is 7.95. The first-order valence-corrected chi connectivity index (χ1v) is 6.47. The van der Waals surface area contributed by atoms with Crippen LogP contribution in [0.4, 0.5) is 13.6 Å². The van der Waals surface area contributed by atoms with Gasteiger partial charge in [0.25, 0.3) is 5.92 Å². The lowest BCUT2D eigenvalue weighted by Gasteiger charge is -2.34. The molecule has 0 aromatic rings. The summed E-state index contributed by atoms with van der Waals surface area (Å²) in [5, 5.41) is 0. The first-order valence-electron chi connectivity index (χ1n) is 6.47. The molecule has 1 amide bonds. The summed E-state index contributed by atoms with van der Waals surface area (Å²) >= 11 is 0. The molecule has 0 atom stereocenters. The largest absolute Gasteiger partial charge is 0.443 e. The molecule has 0 aromatic carbocycles. The van der Waals surface area contributed by atoms with Gasteiger partial charge >= 0.3 is 6.09 Å². The molecule has 0 bridgehead atoms. The van der Waals surface area contributed by atoms with Crippen molar-refractivity contribution in [2.24, 2.45) is 5.92 Å². The van der Waals surface area contributed by atoms with E-state index in [-0.39, 0.29) is 25.9 Å². The highest BCUT2D eigenvalue weighted by atomic mass is 19.3. The Bertz CT molecular complexity index is 293. The van der Waals surface area contributed by atoms with Crippen molar-refractivity contribution in [2.75, 3.05) is 13.1 Å². The second-order valence-corrected chi connectivity index (χ2v) is 6.07. The van der Waals surface area contributed by atoms with Gasteiger partial charge in [0.2, 0.25) is 0 Å². The van der Waals surface area contributed by atoms with Crippen LogP contribution in [0.15, 0.2) is 0 Å². The topological polar surface area (TPSA) is 29.5 Å². The van der Waals surface area contributed by atoms with Crippen LogP contribution in [0.3, 0.4) is 0 Å². The Kier molecular flexibility index (Phi) is 4.56. The average molecular weight is 263 g/mol. The van der Waals surface area contributed by atoms with Gasteiger partial charge in [-0.2, -0.15) is 0 Å². The van der Waals surface area contributed by atoms with Crippen molar-refractivity contribution >= 4 is 6.09 Å². The highest BCUT2D eigenvalue weighted by Crippen LogP contribution is 2.29.